The molecule has 0 unspecified atom stereocenters. The number of hydrogen-bond donors (Lipinski definition) is 0. The molecule has 0 heterocycles. The first kappa shape index (κ1) is 7.00. The summed E-state index contributed by atoms with van der Waals surface area (Å²) in [5.74, 6) is 0. The maximum absolute atomic E-state index is 10.2. The highest BCUT2D eigenvalue weighted by atomic mass is 16.3. The van der Waals surface area contributed by atoms with Gasteiger partial charge >= 0.3 is 0 Å². The first-order valence-electron chi connectivity index (χ1n) is 3.15. The largest absolute Gasteiger partial charge is 0.145 e. The fourth-order valence-electron chi connectivity index (χ4n) is 0.950. The Bertz CT molecular complexity index is 240. The van der Waals surface area contributed by atoms with Gasteiger partial charge < -0.3 is 0 Å². The van der Waals surface area contributed by atoms with Gasteiger partial charge in [0, 0.05) is 0 Å². The third-order valence-electron chi connectivity index (χ3n) is 1.53. The van der Waals surface area contributed by atoms with Crippen LogP contribution in [0.15, 0.2) is 23.4 Å². The monoisotopic (exact) mass is 133 g/mol. The second-order valence-corrected chi connectivity index (χ2v) is 2.33. The van der Waals surface area contributed by atoms with Gasteiger partial charge in [-0.1, -0.05) is 23.7 Å². The van der Waals surface area contributed by atoms with Crippen LogP contribution in [0, 0.1) is 11.8 Å². The van der Waals surface area contributed by atoms with Crippen molar-refractivity contribution in [2.45, 2.75) is 6.92 Å². The summed E-state index contributed by atoms with van der Waals surface area (Å²) >= 11 is 0. The maximum atomic E-state index is 10.2. The van der Waals surface area contributed by atoms with E-state index < -0.39 is 0 Å². The first-order valence-corrected chi connectivity index (χ1v) is 3.15. The van der Waals surface area contributed by atoms with Crippen LogP contribution in [0.1, 0.15) is 5.56 Å². The van der Waals surface area contributed by atoms with Gasteiger partial charge in [-0.05, 0) is 17.7 Å². The van der Waals surface area contributed by atoms with E-state index in [2.05, 4.69) is 5.18 Å². The molecule has 2 nitrogen and oxygen atoms in total. The molecule has 0 aromatic heterocycles. The van der Waals surface area contributed by atoms with Crippen molar-refractivity contribution in [3.05, 3.63) is 28.7 Å². The minimum Gasteiger partial charge on any atom is -0.145 e. The minimum atomic E-state index is 0.572. The van der Waals surface area contributed by atoms with Crippen LogP contribution >= 0.6 is 0 Å². The van der Waals surface area contributed by atoms with Gasteiger partial charge in [0.2, 0.25) is 0 Å². The van der Waals surface area contributed by atoms with Gasteiger partial charge in [-0.2, -0.15) is 0 Å². The lowest BCUT2D eigenvalue weighted by Crippen LogP contribution is -2.02. The van der Waals surface area contributed by atoms with Gasteiger partial charge in [-0.25, -0.2) is 0 Å². The van der Waals surface area contributed by atoms with E-state index in [1.165, 1.54) is 0 Å². The van der Waals surface area contributed by atoms with E-state index in [-0.39, 0.29) is 0 Å². The molecule has 10 heavy (non-hydrogen) atoms. The van der Waals surface area contributed by atoms with Crippen LogP contribution in [0.25, 0.3) is 0 Å². The van der Waals surface area contributed by atoms with E-state index >= 15 is 0 Å². The van der Waals surface area contributed by atoms with Crippen LogP contribution in [0.2, 0.25) is 0 Å². The lowest BCUT2D eigenvalue weighted by atomic mass is 9.92. The number of nitrogens with zero attached hydrogens (tertiary/aromatic N) is 1. The molecule has 1 aromatic rings. The van der Waals surface area contributed by atoms with Crippen LogP contribution in [0.5, 0.6) is 0 Å². The summed E-state index contributed by atoms with van der Waals surface area (Å²) < 4.78 is 0. The molecule has 0 radical (unpaired) electrons. The van der Waals surface area contributed by atoms with Crippen molar-refractivity contribution < 1.29 is 0 Å². The van der Waals surface area contributed by atoms with Gasteiger partial charge in [0.05, 0.1) is 0 Å². The molecule has 0 fully saturated rings. The van der Waals surface area contributed by atoms with Crippen LogP contribution < -0.4 is 5.46 Å². The molecule has 1 rings (SSSR count). The van der Waals surface area contributed by atoms with E-state index in [9.17, 15) is 4.91 Å². The van der Waals surface area contributed by atoms with Gasteiger partial charge in [-0.15, -0.1) is 4.91 Å². The van der Waals surface area contributed by atoms with Gasteiger partial charge in [-0.3, -0.25) is 0 Å². The Morgan fingerprint density at radius 2 is 2.20 bits per heavy atom. The Morgan fingerprint density at radius 1 is 1.50 bits per heavy atom. The summed E-state index contributed by atoms with van der Waals surface area (Å²) in [6, 6.07) is 5.67. The fourth-order valence-corrected chi connectivity index (χ4v) is 0.950. The molecule has 0 saturated heterocycles. The van der Waals surface area contributed by atoms with Crippen LogP contribution in [-0.4, -0.2) is 7.85 Å². The molecule has 0 spiro atoms. The summed E-state index contributed by atoms with van der Waals surface area (Å²) in [6.07, 6.45) is 0. The lowest BCUT2D eigenvalue weighted by Gasteiger charge is -1.98. The minimum absolute atomic E-state index is 0.572. The molecule has 0 aliphatic heterocycles. The van der Waals surface area contributed by atoms with Crippen molar-refractivity contribution in [1.82, 2.24) is 0 Å². The standard InChI is InChI=1S/C7H8BNO/c1-5-3-2-4-6(8)7(5)9-10/h2-4H,8H2,1H3. The number of aryl methyl sites for hydroxylation is 1. The van der Waals surface area contributed by atoms with Gasteiger partial charge in [0.1, 0.15) is 13.5 Å². The maximum Gasteiger partial charge on any atom is 0.142 e. The van der Waals surface area contributed by atoms with Crippen molar-refractivity contribution >= 4 is 19.0 Å². The van der Waals surface area contributed by atoms with E-state index in [1.807, 2.05) is 33.0 Å². The third kappa shape index (κ3) is 1.08. The van der Waals surface area contributed by atoms with Crippen molar-refractivity contribution in [3.8, 4) is 0 Å². The summed E-state index contributed by atoms with van der Waals surface area (Å²) in [5.41, 5.74) is 2.45. The summed E-state index contributed by atoms with van der Waals surface area (Å²) in [5, 5.41) is 2.92. The van der Waals surface area contributed by atoms with Crippen LogP contribution in [0.3, 0.4) is 0 Å². The number of benzene rings is 1. The molecule has 1 aromatic carbocycles. The van der Waals surface area contributed by atoms with E-state index in [0.29, 0.717) is 5.69 Å². The van der Waals surface area contributed by atoms with Gasteiger partial charge in [0.15, 0.2) is 0 Å². The Labute approximate surface area is 60.6 Å². The molecular formula is C7H8BNO. The zero-order valence-corrected chi connectivity index (χ0v) is 6.09. The van der Waals surface area contributed by atoms with Crippen molar-refractivity contribution in [2.75, 3.05) is 0 Å². The van der Waals surface area contributed by atoms with Crippen molar-refractivity contribution in [3.63, 3.8) is 0 Å². The number of rotatable bonds is 1. The SMILES string of the molecule is Bc1cccc(C)c1N=O. The second-order valence-electron chi connectivity index (χ2n) is 2.33. The zero-order chi connectivity index (χ0) is 7.56. The highest BCUT2D eigenvalue weighted by Crippen LogP contribution is 2.12. The predicted octanol–water partition coefficient (Wildman–Crippen LogP) is 0.651. The zero-order valence-electron chi connectivity index (χ0n) is 6.09. The summed E-state index contributed by atoms with van der Waals surface area (Å²) in [7, 11) is 1.88. The predicted molar refractivity (Wildman–Crippen MR) is 44.8 cm³/mol. The summed E-state index contributed by atoms with van der Waals surface area (Å²) in [4.78, 5) is 10.2. The average Bonchev–Trinajstić information content (AvgIpc) is 1.88. The highest BCUT2D eigenvalue weighted by molar-refractivity contribution is 6.35. The topological polar surface area (TPSA) is 29.4 Å². The quantitative estimate of drug-likeness (QED) is 0.408. The lowest BCUT2D eigenvalue weighted by molar-refractivity contribution is 1.41. The number of hydrogen-bond acceptors (Lipinski definition) is 2. The average molecular weight is 133 g/mol. The Hall–Kier alpha value is -1.12. The molecule has 3 heteroatoms. The molecule has 0 aliphatic rings. The second kappa shape index (κ2) is 2.65. The smallest absolute Gasteiger partial charge is 0.142 e. The van der Waals surface area contributed by atoms with Crippen molar-refractivity contribution in [1.29, 1.82) is 0 Å². The van der Waals surface area contributed by atoms with Crippen LogP contribution in [-0.2, 0) is 0 Å². The molecule has 50 valence electrons. The molecular weight excluding hydrogens is 125 g/mol. The Balaban J connectivity index is 3.30. The van der Waals surface area contributed by atoms with E-state index in [4.69, 9.17) is 0 Å². The van der Waals surface area contributed by atoms with E-state index in [1.54, 1.807) is 0 Å². The first-order chi connectivity index (χ1) is 4.75. The molecule has 0 bridgehead atoms. The summed E-state index contributed by atoms with van der Waals surface area (Å²) in [6.45, 7) is 1.88. The third-order valence-corrected chi connectivity index (χ3v) is 1.53. The molecule has 0 atom stereocenters. The molecule has 0 amide bonds. The van der Waals surface area contributed by atoms with Crippen LogP contribution in [0.4, 0.5) is 5.69 Å². The molecule has 0 aliphatic carbocycles. The Morgan fingerprint density at radius 3 is 2.60 bits per heavy atom. The number of nitroso groups, excluding NO2 is 1. The molecule has 0 N–H and O–H groups in total. The molecule has 0 saturated carbocycles. The Kier molecular flexibility index (Phi) is 1.85. The highest BCUT2D eigenvalue weighted by Gasteiger charge is 1.98. The normalized spacial score (nSPS) is 9.30. The van der Waals surface area contributed by atoms with Gasteiger partial charge in [0.25, 0.3) is 0 Å². The van der Waals surface area contributed by atoms with E-state index in [0.717, 1.165) is 11.0 Å². The fraction of sp³-hybridized carbons (Fsp3) is 0.143. The van der Waals surface area contributed by atoms with Crippen molar-refractivity contribution in [2.24, 2.45) is 5.18 Å².